The van der Waals surface area contributed by atoms with Gasteiger partial charge in [0, 0.05) is 13.0 Å². The molecule has 2 aromatic rings. The number of amides is 1. The quantitative estimate of drug-likeness (QED) is 0.761. The van der Waals surface area contributed by atoms with Gasteiger partial charge >= 0.3 is 0 Å². The van der Waals surface area contributed by atoms with Crippen molar-refractivity contribution in [3.63, 3.8) is 0 Å². The van der Waals surface area contributed by atoms with E-state index in [1.165, 1.54) is 5.56 Å². The molecule has 0 aliphatic rings. The molecule has 0 bridgehead atoms. The highest BCUT2D eigenvalue weighted by molar-refractivity contribution is 5.75. The second kappa shape index (κ2) is 8.16. The molecule has 0 spiro atoms. The fraction of sp³-hybridized carbons (Fsp3) is 0.278. The van der Waals surface area contributed by atoms with Crippen LogP contribution in [0.15, 0.2) is 60.7 Å². The first-order valence-electron chi connectivity index (χ1n) is 7.19. The van der Waals surface area contributed by atoms with Crippen molar-refractivity contribution in [3.05, 3.63) is 71.8 Å². The van der Waals surface area contributed by atoms with Crippen LogP contribution in [0.25, 0.3) is 0 Å². The maximum atomic E-state index is 11.7. The van der Waals surface area contributed by atoms with Crippen LogP contribution in [0.1, 0.15) is 30.4 Å². The summed E-state index contributed by atoms with van der Waals surface area (Å²) in [5, 5.41) is 2.96. The lowest BCUT2D eigenvalue weighted by atomic mass is 10.1. The lowest BCUT2D eigenvalue weighted by molar-refractivity contribution is -0.121. The number of rotatable bonds is 7. The average molecular weight is 267 g/mol. The summed E-state index contributed by atoms with van der Waals surface area (Å²) in [4.78, 5) is 11.7. The zero-order valence-corrected chi connectivity index (χ0v) is 11.7. The maximum Gasteiger partial charge on any atom is 0.220 e. The van der Waals surface area contributed by atoms with Crippen molar-refractivity contribution in [2.24, 2.45) is 0 Å². The first-order chi connectivity index (χ1) is 9.84. The standard InChI is InChI=1S/C18H21NO/c20-18(19-15-17-12-5-2-6-13-17)14-8-7-11-16-9-3-1-4-10-16/h1-6,9-10,12-13H,7-8,11,14-15H2,(H,19,20). The highest BCUT2D eigenvalue weighted by Crippen LogP contribution is 2.06. The minimum atomic E-state index is 0.141. The molecule has 0 heterocycles. The third kappa shape index (κ3) is 5.27. The van der Waals surface area contributed by atoms with Crippen LogP contribution in [-0.4, -0.2) is 5.91 Å². The largest absolute Gasteiger partial charge is 0.352 e. The summed E-state index contributed by atoms with van der Waals surface area (Å²) in [6.07, 6.45) is 3.66. The minimum Gasteiger partial charge on any atom is -0.352 e. The zero-order chi connectivity index (χ0) is 14.0. The van der Waals surface area contributed by atoms with Crippen LogP contribution in [0.3, 0.4) is 0 Å². The van der Waals surface area contributed by atoms with Crippen LogP contribution < -0.4 is 5.32 Å². The number of hydrogen-bond donors (Lipinski definition) is 1. The van der Waals surface area contributed by atoms with E-state index in [-0.39, 0.29) is 5.91 Å². The molecule has 0 fully saturated rings. The fourth-order valence-electron chi connectivity index (χ4n) is 2.14. The van der Waals surface area contributed by atoms with E-state index >= 15 is 0 Å². The summed E-state index contributed by atoms with van der Waals surface area (Å²) in [6.45, 7) is 0.623. The highest BCUT2D eigenvalue weighted by atomic mass is 16.1. The number of carbonyl (C=O) groups is 1. The SMILES string of the molecule is O=C(CCCCc1ccccc1)NCc1ccccc1. The molecule has 0 saturated carbocycles. The molecule has 0 aromatic heterocycles. The minimum absolute atomic E-state index is 0.141. The molecule has 2 rings (SSSR count). The lowest BCUT2D eigenvalue weighted by Crippen LogP contribution is -2.22. The molecule has 0 atom stereocenters. The summed E-state index contributed by atoms with van der Waals surface area (Å²) >= 11 is 0. The van der Waals surface area contributed by atoms with E-state index < -0.39 is 0 Å². The van der Waals surface area contributed by atoms with Gasteiger partial charge in [-0.05, 0) is 30.4 Å². The summed E-state index contributed by atoms with van der Waals surface area (Å²) in [5.41, 5.74) is 2.49. The molecule has 0 radical (unpaired) electrons. The van der Waals surface area contributed by atoms with Gasteiger partial charge in [-0.25, -0.2) is 0 Å². The van der Waals surface area contributed by atoms with Gasteiger partial charge in [0.25, 0.3) is 0 Å². The summed E-state index contributed by atoms with van der Waals surface area (Å²) in [5.74, 6) is 0.141. The maximum absolute atomic E-state index is 11.7. The Bertz CT molecular complexity index is 507. The Morgan fingerprint density at radius 1 is 0.800 bits per heavy atom. The highest BCUT2D eigenvalue weighted by Gasteiger charge is 2.01. The lowest BCUT2D eigenvalue weighted by Gasteiger charge is -2.05. The van der Waals surface area contributed by atoms with Gasteiger partial charge in [-0.2, -0.15) is 0 Å². The van der Waals surface area contributed by atoms with Crippen molar-refractivity contribution in [2.45, 2.75) is 32.2 Å². The molecule has 1 N–H and O–H groups in total. The van der Waals surface area contributed by atoms with Crippen LogP contribution >= 0.6 is 0 Å². The van der Waals surface area contributed by atoms with Gasteiger partial charge in [0.05, 0.1) is 0 Å². The normalized spacial score (nSPS) is 10.2. The first-order valence-corrected chi connectivity index (χ1v) is 7.19. The van der Waals surface area contributed by atoms with Crippen molar-refractivity contribution < 1.29 is 4.79 Å². The topological polar surface area (TPSA) is 29.1 Å². The van der Waals surface area contributed by atoms with Crippen LogP contribution in [0.4, 0.5) is 0 Å². The van der Waals surface area contributed by atoms with Gasteiger partial charge in [0.1, 0.15) is 0 Å². The van der Waals surface area contributed by atoms with Crippen LogP contribution in [0, 0.1) is 0 Å². The number of unbranched alkanes of at least 4 members (excludes halogenated alkanes) is 1. The van der Waals surface area contributed by atoms with Gasteiger partial charge < -0.3 is 5.32 Å². The fourth-order valence-corrected chi connectivity index (χ4v) is 2.14. The van der Waals surface area contributed by atoms with Crippen molar-refractivity contribution in [2.75, 3.05) is 0 Å². The number of aryl methyl sites for hydroxylation is 1. The molecule has 20 heavy (non-hydrogen) atoms. The molecule has 0 aliphatic carbocycles. The van der Waals surface area contributed by atoms with Crippen molar-refractivity contribution in [3.8, 4) is 0 Å². The van der Waals surface area contributed by atoms with Crippen LogP contribution in [0.5, 0.6) is 0 Å². The number of benzene rings is 2. The molecule has 0 saturated heterocycles. The van der Waals surface area contributed by atoms with Crippen molar-refractivity contribution in [1.82, 2.24) is 5.32 Å². The smallest absolute Gasteiger partial charge is 0.220 e. The predicted octanol–water partition coefficient (Wildman–Crippen LogP) is 3.72. The Morgan fingerprint density at radius 3 is 2.05 bits per heavy atom. The Labute approximate surface area is 120 Å². The van der Waals surface area contributed by atoms with E-state index in [4.69, 9.17) is 0 Å². The molecule has 104 valence electrons. The van der Waals surface area contributed by atoms with Gasteiger partial charge in [-0.1, -0.05) is 60.7 Å². The number of hydrogen-bond acceptors (Lipinski definition) is 1. The van der Waals surface area contributed by atoms with Crippen LogP contribution in [0.2, 0.25) is 0 Å². The Balaban J connectivity index is 1.59. The molecule has 1 amide bonds. The first kappa shape index (κ1) is 14.3. The summed E-state index contributed by atoms with van der Waals surface area (Å²) in [7, 11) is 0. The number of carbonyl (C=O) groups excluding carboxylic acids is 1. The third-order valence-corrected chi connectivity index (χ3v) is 3.29. The monoisotopic (exact) mass is 267 g/mol. The summed E-state index contributed by atoms with van der Waals surface area (Å²) in [6, 6.07) is 20.4. The molecule has 2 nitrogen and oxygen atoms in total. The predicted molar refractivity (Wildman–Crippen MR) is 82.3 cm³/mol. The van der Waals surface area contributed by atoms with E-state index in [1.54, 1.807) is 0 Å². The molecular weight excluding hydrogens is 246 g/mol. The van der Waals surface area contributed by atoms with Gasteiger partial charge in [-0.3, -0.25) is 4.79 Å². The second-order valence-electron chi connectivity index (χ2n) is 4.96. The van der Waals surface area contributed by atoms with Crippen molar-refractivity contribution >= 4 is 5.91 Å². The Hall–Kier alpha value is -2.09. The van der Waals surface area contributed by atoms with E-state index in [9.17, 15) is 4.79 Å². The van der Waals surface area contributed by atoms with E-state index in [1.807, 2.05) is 36.4 Å². The van der Waals surface area contributed by atoms with Gasteiger partial charge in [0.2, 0.25) is 5.91 Å². The van der Waals surface area contributed by atoms with E-state index in [2.05, 4.69) is 29.6 Å². The second-order valence-corrected chi connectivity index (χ2v) is 4.96. The third-order valence-electron chi connectivity index (χ3n) is 3.29. The molecule has 2 heteroatoms. The van der Waals surface area contributed by atoms with Gasteiger partial charge in [0.15, 0.2) is 0 Å². The van der Waals surface area contributed by atoms with Crippen LogP contribution in [-0.2, 0) is 17.8 Å². The van der Waals surface area contributed by atoms with Crippen molar-refractivity contribution in [1.29, 1.82) is 0 Å². The van der Waals surface area contributed by atoms with E-state index in [0.717, 1.165) is 24.8 Å². The Morgan fingerprint density at radius 2 is 1.40 bits per heavy atom. The zero-order valence-electron chi connectivity index (χ0n) is 11.7. The van der Waals surface area contributed by atoms with Gasteiger partial charge in [-0.15, -0.1) is 0 Å². The molecule has 0 aliphatic heterocycles. The average Bonchev–Trinajstić information content (AvgIpc) is 2.52. The molecular formula is C18H21NO. The molecule has 0 unspecified atom stereocenters. The Kier molecular flexibility index (Phi) is 5.84. The van der Waals surface area contributed by atoms with E-state index in [0.29, 0.717) is 13.0 Å². The molecule has 2 aromatic carbocycles. The number of nitrogens with one attached hydrogen (secondary N) is 1. The summed E-state index contributed by atoms with van der Waals surface area (Å²) < 4.78 is 0.